The van der Waals surface area contributed by atoms with Gasteiger partial charge >= 0.3 is 11.9 Å². The van der Waals surface area contributed by atoms with E-state index in [-0.39, 0.29) is 23.8 Å². The van der Waals surface area contributed by atoms with Crippen LogP contribution in [0, 0.1) is 5.82 Å². The van der Waals surface area contributed by atoms with Crippen molar-refractivity contribution in [2.75, 3.05) is 20.8 Å². The number of benzene rings is 2. The molecule has 3 rings (SSSR count). The van der Waals surface area contributed by atoms with Crippen LogP contribution in [0.3, 0.4) is 0 Å². The van der Waals surface area contributed by atoms with Gasteiger partial charge in [0.2, 0.25) is 5.90 Å². The van der Waals surface area contributed by atoms with Crippen LogP contribution in [0.2, 0.25) is 0 Å². The molecule has 0 aromatic heterocycles. The van der Waals surface area contributed by atoms with E-state index in [0.717, 1.165) is 0 Å². The second-order valence-corrected chi connectivity index (χ2v) is 5.59. The van der Waals surface area contributed by atoms with E-state index < -0.39 is 17.8 Å². The van der Waals surface area contributed by atoms with Crippen molar-refractivity contribution in [1.82, 2.24) is 0 Å². The number of rotatable bonds is 6. The van der Waals surface area contributed by atoms with Crippen LogP contribution in [-0.4, -0.2) is 38.7 Å². The smallest absolute Gasteiger partial charge is 0.363 e. The minimum Gasteiger partial charge on any atom is -0.493 e. The average Bonchev–Trinajstić information content (AvgIpc) is 3.06. The normalized spacial score (nSPS) is 14.5. The highest BCUT2D eigenvalue weighted by Crippen LogP contribution is 2.30. The zero-order valence-corrected chi connectivity index (χ0v) is 15.1. The van der Waals surface area contributed by atoms with E-state index in [9.17, 15) is 14.0 Å². The lowest BCUT2D eigenvalue weighted by Crippen LogP contribution is -2.12. The summed E-state index contributed by atoms with van der Waals surface area (Å²) in [6.45, 7) is -0.268. The fourth-order valence-electron chi connectivity index (χ4n) is 2.41. The summed E-state index contributed by atoms with van der Waals surface area (Å²) in [6.07, 6.45) is 1.47. The summed E-state index contributed by atoms with van der Waals surface area (Å²) in [5.74, 6) is -1.17. The predicted molar refractivity (Wildman–Crippen MR) is 97.5 cm³/mol. The third kappa shape index (κ3) is 4.17. The van der Waals surface area contributed by atoms with E-state index in [1.807, 2.05) is 0 Å². The standard InChI is InChI=1S/C20H16FNO6/c1-25-17-10-12(7-8-16(17)27-11-18(23)26-2)9-15-20(24)28-19(22-15)13-5-3-4-6-14(13)21/h3-10H,11H2,1-2H3/b15-9-. The zero-order chi connectivity index (χ0) is 20.1. The summed E-state index contributed by atoms with van der Waals surface area (Å²) in [6, 6.07) is 10.7. The Balaban J connectivity index is 1.85. The Morgan fingerprint density at radius 1 is 1.18 bits per heavy atom. The Labute approximate surface area is 160 Å². The first kappa shape index (κ1) is 19.1. The minimum absolute atomic E-state index is 0.0172. The van der Waals surface area contributed by atoms with Crippen LogP contribution in [0.1, 0.15) is 11.1 Å². The van der Waals surface area contributed by atoms with Crippen molar-refractivity contribution in [2.45, 2.75) is 0 Å². The maximum atomic E-state index is 13.9. The van der Waals surface area contributed by atoms with Crippen LogP contribution in [0.5, 0.6) is 11.5 Å². The van der Waals surface area contributed by atoms with Crippen molar-refractivity contribution < 1.29 is 32.9 Å². The van der Waals surface area contributed by atoms with E-state index in [1.165, 1.54) is 38.5 Å². The Morgan fingerprint density at radius 2 is 1.96 bits per heavy atom. The van der Waals surface area contributed by atoms with Crippen molar-refractivity contribution in [2.24, 2.45) is 4.99 Å². The molecule has 0 aliphatic carbocycles. The van der Waals surface area contributed by atoms with Gasteiger partial charge in [-0.25, -0.2) is 19.0 Å². The fourth-order valence-corrected chi connectivity index (χ4v) is 2.41. The molecular weight excluding hydrogens is 369 g/mol. The van der Waals surface area contributed by atoms with E-state index in [1.54, 1.807) is 24.3 Å². The number of carbonyl (C=O) groups is 2. The Kier molecular flexibility index (Phi) is 5.69. The van der Waals surface area contributed by atoms with Gasteiger partial charge in [0, 0.05) is 0 Å². The first-order chi connectivity index (χ1) is 13.5. The zero-order valence-electron chi connectivity index (χ0n) is 15.1. The van der Waals surface area contributed by atoms with Crippen LogP contribution in [0.15, 0.2) is 53.2 Å². The lowest BCUT2D eigenvalue weighted by Gasteiger charge is -2.10. The average molecular weight is 385 g/mol. The molecule has 28 heavy (non-hydrogen) atoms. The number of ether oxygens (including phenoxy) is 4. The van der Waals surface area contributed by atoms with Gasteiger partial charge in [-0.1, -0.05) is 18.2 Å². The predicted octanol–water partition coefficient (Wildman–Crippen LogP) is 2.73. The molecule has 2 aromatic rings. The van der Waals surface area contributed by atoms with Gasteiger partial charge in [-0.15, -0.1) is 0 Å². The van der Waals surface area contributed by atoms with Gasteiger partial charge in [-0.3, -0.25) is 0 Å². The number of halogens is 1. The minimum atomic E-state index is -0.691. The molecule has 2 aromatic carbocycles. The number of hydrogen-bond donors (Lipinski definition) is 0. The van der Waals surface area contributed by atoms with Crippen LogP contribution in [-0.2, 0) is 19.1 Å². The Hall–Kier alpha value is -3.68. The fraction of sp³-hybridized carbons (Fsp3) is 0.150. The summed E-state index contributed by atoms with van der Waals surface area (Å²) in [5, 5.41) is 0. The van der Waals surface area contributed by atoms with Gasteiger partial charge in [-0.2, -0.15) is 0 Å². The van der Waals surface area contributed by atoms with Crippen molar-refractivity contribution >= 4 is 23.9 Å². The second kappa shape index (κ2) is 8.34. The van der Waals surface area contributed by atoms with E-state index in [2.05, 4.69) is 9.73 Å². The molecule has 1 heterocycles. The number of methoxy groups -OCH3 is 2. The van der Waals surface area contributed by atoms with Crippen LogP contribution in [0.25, 0.3) is 6.08 Å². The molecule has 1 aliphatic rings. The van der Waals surface area contributed by atoms with Crippen LogP contribution in [0.4, 0.5) is 4.39 Å². The molecule has 0 spiro atoms. The molecule has 0 saturated heterocycles. The van der Waals surface area contributed by atoms with Crippen LogP contribution < -0.4 is 9.47 Å². The number of cyclic esters (lactones) is 1. The highest BCUT2D eigenvalue weighted by Gasteiger charge is 2.26. The summed E-state index contributed by atoms with van der Waals surface area (Å²) in [5.41, 5.74) is 0.694. The van der Waals surface area contributed by atoms with Crippen molar-refractivity contribution in [3.8, 4) is 11.5 Å². The van der Waals surface area contributed by atoms with Gasteiger partial charge in [0.15, 0.2) is 23.8 Å². The third-order valence-corrected chi connectivity index (χ3v) is 3.79. The third-order valence-electron chi connectivity index (χ3n) is 3.79. The number of esters is 2. The van der Waals surface area contributed by atoms with Gasteiger partial charge in [-0.05, 0) is 35.9 Å². The van der Waals surface area contributed by atoms with E-state index >= 15 is 0 Å². The lowest BCUT2D eigenvalue weighted by atomic mass is 10.1. The molecule has 0 bridgehead atoms. The summed E-state index contributed by atoms with van der Waals surface area (Å²) < 4.78 is 34.0. The topological polar surface area (TPSA) is 83.4 Å². The SMILES string of the molecule is COC(=O)COc1ccc(/C=C2\N=C(c3ccccc3F)OC2=O)cc1OC. The molecule has 0 N–H and O–H groups in total. The van der Waals surface area contributed by atoms with Crippen molar-refractivity contribution in [3.05, 3.63) is 65.1 Å². The highest BCUT2D eigenvalue weighted by molar-refractivity contribution is 6.12. The number of hydrogen-bond acceptors (Lipinski definition) is 7. The number of carbonyl (C=O) groups excluding carboxylic acids is 2. The van der Waals surface area contributed by atoms with E-state index in [4.69, 9.17) is 14.2 Å². The molecule has 0 atom stereocenters. The van der Waals surface area contributed by atoms with Gasteiger partial charge in [0.1, 0.15) is 5.82 Å². The van der Waals surface area contributed by atoms with E-state index in [0.29, 0.717) is 17.1 Å². The summed E-state index contributed by atoms with van der Waals surface area (Å²) in [7, 11) is 2.70. The molecule has 0 saturated carbocycles. The molecule has 8 heteroatoms. The first-order valence-corrected chi connectivity index (χ1v) is 8.17. The monoisotopic (exact) mass is 385 g/mol. The molecule has 144 valence electrons. The lowest BCUT2D eigenvalue weighted by molar-refractivity contribution is -0.143. The van der Waals surface area contributed by atoms with Crippen molar-refractivity contribution in [1.29, 1.82) is 0 Å². The molecule has 0 unspecified atom stereocenters. The maximum absolute atomic E-state index is 13.9. The number of aliphatic imine (C=N–C) groups is 1. The van der Waals surface area contributed by atoms with Gasteiger partial charge < -0.3 is 18.9 Å². The van der Waals surface area contributed by atoms with Crippen molar-refractivity contribution in [3.63, 3.8) is 0 Å². The van der Waals surface area contributed by atoms with Gasteiger partial charge in [0.25, 0.3) is 0 Å². The molecule has 0 amide bonds. The first-order valence-electron chi connectivity index (χ1n) is 8.17. The second-order valence-electron chi connectivity index (χ2n) is 5.59. The summed E-state index contributed by atoms with van der Waals surface area (Å²) in [4.78, 5) is 27.3. The molecule has 7 nitrogen and oxygen atoms in total. The highest BCUT2D eigenvalue weighted by atomic mass is 19.1. The molecular formula is C20H16FNO6. The molecule has 0 radical (unpaired) electrons. The quantitative estimate of drug-likeness (QED) is 0.562. The van der Waals surface area contributed by atoms with Gasteiger partial charge in [0.05, 0.1) is 19.8 Å². The molecule has 1 aliphatic heterocycles. The number of nitrogens with zero attached hydrogens (tertiary/aromatic N) is 1. The van der Waals surface area contributed by atoms with Crippen LogP contribution >= 0.6 is 0 Å². The largest absolute Gasteiger partial charge is 0.493 e. The maximum Gasteiger partial charge on any atom is 0.363 e. The molecule has 0 fully saturated rings. The Morgan fingerprint density at radius 3 is 2.68 bits per heavy atom. The summed E-state index contributed by atoms with van der Waals surface area (Å²) >= 11 is 0. The Bertz CT molecular complexity index is 982.